The van der Waals surface area contributed by atoms with E-state index in [2.05, 4.69) is 15.9 Å². The predicted molar refractivity (Wildman–Crippen MR) is 77.0 cm³/mol. The fraction of sp³-hybridized carbons (Fsp3) is 0.429. The molecule has 0 unspecified atom stereocenters. The van der Waals surface area contributed by atoms with E-state index in [-0.39, 0.29) is 11.8 Å². The summed E-state index contributed by atoms with van der Waals surface area (Å²) in [6.45, 7) is 5.97. The van der Waals surface area contributed by atoms with Crippen LogP contribution in [0.2, 0.25) is 0 Å². The number of halogens is 1. The minimum absolute atomic E-state index is 0.0348. The summed E-state index contributed by atoms with van der Waals surface area (Å²) < 4.78 is 0.915. The molecule has 4 nitrogen and oxygen atoms in total. The van der Waals surface area contributed by atoms with Crippen LogP contribution < -0.4 is 0 Å². The van der Waals surface area contributed by atoms with Gasteiger partial charge in [0.2, 0.25) is 5.91 Å². The van der Waals surface area contributed by atoms with E-state index in [1.165, 1.54) is 0 Å². The minimum atomic E-state index is 0.0348. The van der Waals surface area contributed by atoms with Crippen LogP contribution in [0.1, 0.15) is 22.8 Å². The second-order valence-corrected chi connectivity index (χ2v) is 5.73. The van der Waals surface area contributed by atoms with E-state index in [1.54, 1.807) is 16.7 Å². The molecular formula is C14H17BrN2O2. The molecule has 1 saturated heterocycles. The van der Waals surface area contributed by atoms with Crippen LogP contribution in [0, 0.1) is 6.92 Å². The zero-order valence-corrected chi connectivity index (χ0v) is 12.7. The Balaban J connectivity index is 2.07. The number of carbonyl (C=O) groups excluding carboxylic acids is 2. The quantitative estimate of drug-likeness (QED) is 0.793. The Kier molecular flexibility index (Phi) is 4.24. The van der Waals surface area contributed by atoms with E-state index < -0.39 is 0 Å². The van der Waals surface area contributed by atoms with Crippen molar-refractivity contribution >= 4 is 27.7 Å². The number of hydrogen-bond donors (Lipinski definition) is 0. The van der Waals surface area contributed by atoms with Crippen molar-refractivity contribution in [3.8, 4) is 0 Å². The van der Waals surface area contributed by atoms with Crippen LogP contribution in [0.5, 0.6) is 0 Å². The van der Waals surface area contributed by atoms with E-state index in [0.717, 1.165) is 10.0 Å². The summed E-state index contributed by atoms with van der Waals surface area (Å²) in [5.41, 5.74) is 1.75. The molecule has 102 valence electrons. The van der Waals surface area contributed by atoms with Gasteiger partial charge in [-0.2, -0.15) is 0 Å². The summed E-state index contributed by atoms with van der Waals surface area (Å²) in [4.78, 5) is 27.2. The van der Waals surface area contributed by atoms with Crippen molar-refractivity contribution in [3.63, 3.8) is 0 Å². The van der Waals surface area contributed by atoms with Crippen molar-refractivity contribution in [2.45, 2.75) is 13.8 Å². The SMILES string of the molecule is CC(=O)N1CCN(C(=O)c2cc(C)cc(Br)c2)CC1. The molecule has 2 rings (SSSR count). The Morgan fingerprint density at radius 1 is 1.05 bits per heavy atom. The third kappa shape index (κ3) is 3.35. The first-order valence-corrected chi connectivity index (χ1v) is 7.08. The Labute approximate surface area is 121 Å². The lowest BCUT2D eigenvalue weighted by Crippen LogP contribution is -2.50. The van der Waals surface area contributed by atoms with E-state index >= 15 is 0 Å². The van der Waals surface area contributed by atoms with Crippen molar-refractivity contribution in [1.29, 1.82) is 0 Å². The summed E-state index contributed by atoms with van der Waals surface area (Å²) >= 11 is 3.41. The van der Waals surface area contributed by atoms with Crippen molar-refractivity contribution in [2.24, 2.45) is 0 Å². The number of hydrogen-bond acceptors (Lipinski definition) is 2. The van der Waals surface area contributed by atoms with Gasteiger partial charge in [-0.3, -0.25) is 9.59 Å². The maximum absolute atomic E-state index is 12.4. The maximum atomic E-state index is 12.4. The van der Waals surface area contributed by atoms with E-state index in [1.807, 2.05) is 25.1 Å². The maximum Gasteiger partial charge on any atom is 0.254 e. The fourth-order valence-corrected chi connectivity index (χ4v) is 2.87. The second-order valence-electron chi connectivity index (χ2n) is 4.82. The number of rotatable bonds is 1. The average Bonchev–Trinajstić information content (AvgIpc) is 2.37. The first-order valence-electron chi connectivity index (χ1n) is 6.29. The topological polar surface area (TPSA) is 40.6 Å². The molecule has 2 amide bonds. The molecule has 19 heavy (non-hydrogen) atoms. The van der Waals surface area contributed by atoms with Crippen LogP contribution in [0.3, 0.4) is 0 Å². The van der Waals surface area contributed by atoms with E-state index in [4.69, 9.17) is 0 Å². The van der Waals surface area contributed by atoms with Gasteiger partial charge in [0.1, 0.15) is 0 Å². The van der Waals surface area contributed by atoms with Gasteiger partial charge in [-0.05, 0) is 30.7 Å². The first-order chi connectivity index (χ1) is 8.97. The molecule has 1 aliphatic rings. The standard InChI is InChI=1S/C14H17BrN2O2/c1-10-7-12(9-13(15)8-10)14(19)17-5-3-16(4-6-17)11(2)18/h7-9H,3-6H2,1-2H3. The third-order valence-corrected chi connectivity index (χ3v) is 3.76. The van der Waals surface area contributed by atoms with Gasteiger partial charge in [-0.15, -0.1) is 0 Å². The average molecular weight is 325 g/mol. The lowest BCUT2D eigenvalue weighted by molar-refractivity contribution is -0.130. The number of carbonyl (C=O) groups is 2. The van der Waals surface area contributed by atoms with Crippen LogP contribution in [0.25, 0.3) is 0 Å². The molecule has 1 fully saturated rings. The lowest BCUT2D eigenvalue weighted by Gasteiger charge is -2.34. The highest BCUT2D eigenvalue weighted by Crippen LogP contribution is 2.17. The zero-order chi connectivity index (χ0) is 14.0. The fourth-order valence-electron chi connectivity index (χ4n) is 2.27. The van der Waals surface area contributed by atoms with Crippen LogP contribution in [0.4, 0.5) is 0 Å². The second kappa shape index (κ2) is 5.74. The number of amides is 2. The molecule has 0 bridgehead atoms. The number of piperazine rings is 1. The summed E-state index contributed by atoms with van der Waals surface area (Å²) in [5.74, 6) is 0.109. The van der Waals surface area contributed by atoms with Crippen LogP contribution in [-0.2, 0) is 4.79 Å². The number of nitrogens with zero attached hydrogens (tertiary/aromatic N) is 2. The van der Waals surface area contributed by atoms with Gasteiger partial charge in [0.05, 0.1) is 0 Å². The van der Waals surface area contributed by atoms with Crippen molar-refractivity contribution < 1.29 is 9.59 Å². The lowest BCUT2D eigenvalue weighted by atomic mass is 10.1. The Hall–Kier alpha value is -1.36. The van der Waals surface area contributed by atoms with Crippen molar-refractivity contribution in [3.05, 3.63) is 33.8 Å². The molecule has 0 aliphatic carbocycles. The molecule has 1 heterocycles. The molecule has 1 aromatic rings. The summed E-state index contributed by atoms with van der Waals surface area (Å²) in [6, 6.07) is 5.71. The van der Waals surface area contributed by atoms with Crippen molar-refractivity contribution in [2.75, 3.05) is 26.2 Å². The largest absolute Gasteiger partial charge is 0.339 e. The third-order valence-electron chi connectivity index (χ3n) is 3.30. The Morgan fingerprint density at radius 3 is 2.16 bits per heavy atom. The van der Waals surface area contributed by atoms with Gasteiger partial charge < -0.3 is 9.80 Å². The normalized spacial score (nSPS) is 15.5. The monoisotopic (exact) mass is 324 g/mol. The van der Waals surface area contributed by atoms with Gasteiger partial charge in [0.15, 0.2) is 0 Å². The van der Waals surface area contributed by atoms with E-state index in [0.29, 0.717) is 31.7 Å². The van der Waals surface area contributed by atoms with Gasteiger partial charge in [-0.1, -0.05) is 15.9 Å². The van der Waals surface area contributed by atoms with Crippen LogP contribution >= 0.6 is 15.9 Å². The summed E-state index contributed by atoms with van der Waals surface area (Å²) in [7, 11) is 0. The molecule has 0 radical (unpaired) electrons. The molecule has 0 N–H and O–H groups in total. The van der Waals surface area contributed by atoms with E-state index in [9.17, 15) is 9.59 Å². The molecule has 5 heteroatoms. The number of aryl methyl sites for hydroxylation is 1. The molecule has 1 aromatic carbocycles. The van der Waals surface area contributed by atoms with Gasteiger partial charge in [0, 0.05) is 43.1 Å². The first kappa shape index (κ1) is 14.1. The van der Waals surface area contributed by atoms with Gasteiger partial charge >= 0.3 is 0 Å². The van der Waals surface area contributed by atoms with Crippen molar-refractivity contribution in [1.82, 2.24) is 9.80 Å². The Morgan fingerprint density at radius 2 is 1.63 bits per heavy atom. The highest BCUT2D eigenvalue weighted by Gasteiger charge is 2.23. The smallest absolute Gasteiger partial charge is 0.254 e. The molecule has 0 saturated carbocycles. The molecule has 0 aromatic heterocycles. The number of benzene rings is 1. The molecule has 0 atom stereocenters. The predicted octanol–water partition coefficient (Wildman–Crippen LogP) is 2.06. The van der Waals surface area contributed by atoms with Crippen LogP contribution in [0.15, 0.2) is 22.7 Å². The van der Waals surface area contributed by atoms with Gasteiger partial charge in [-0.25, -0.2) is 0 Å². The molecule has 0 spiro atoms. The molecule has 1 aliphatic heterocycles. The molecular weight excluding hydrogens is 308 g/mol. The highest BCUT2D eigenvalue weighted by atomic mass is 79.9. The minimum Gasteiger partial charge on any atom is -0.339 e. The van der Waals surface area contributed by atoms with Crippen LogP contribution in [-0.4, -0.2) is 47.8 Å². The summed E-state index contributed by atoms with van der Waals surface area (Å²) in [6.07, 6.45) is 0. The Bertz CT molecular complexity index is 488. The highest BCUT2D eigenvalue weighted by molar-refractivity contribution is 9.10. The summed E-state index contributed by atoms with van der Waals surface area (Å²) in [5, 5.41) is 0. The zero-order valence-electron chi connectivity index (χ0n) is 11.1. The van der Waals surface area contributed by atoms with Gasteiger partial charge in [0.25, 0.3) is 5.91 Å².